The van der Waals surface area contributed by atoms with Crippen LogP contribution in [0.25, 0.3) is 10.9 Å². The molecule has 4 nitrogen and oxygen atoms in total. The van der Waals surface area contributed by atoms with E-state index >= 15 is 0 Å². The zero-order valence-electron chi connectivity index (χ0n) is 16.9. The van der Waals surface area contributed by atoms with Gasteiger partial charge in [-0.05, 0) is 35.6 Å². The van der Waals surface area contributed by atoms with Crippen molar-refractivity contribution in [1.82, 2.24) is 9.99 Å². The highest BCUT2D eigenvalue weighted by atomic mass is 35.5. The Hall–Kier alpha value is -3.37. The highest BCUT2D eigenvalue weighted by Crippen LogP contribution is 2.47. The molecule has 1 heterocycles. The Morgan fingerprint density at radius 1 is 1.03 bits per heavy atom. The van der Waals surface area contributed by atoms with E-state index in [0.717, 1.165) is 33.5 Å². The average molecular weight is 428 g/mol. The number of hydrogen-bond acceptors (Lipinski definition) is 2. The number of hydrazone groups is 1. The Bertz CT molecular complexity index is 1260. The molecular formula is C26H22ClN3O. The van der Waals surface area contributed by atoms with Crippen molar-refractivity contribution in [1.29, 1.82) is 0 Å². The molecule has 1 saturated carbocycles. The van der Waals surface area contributed by atoms with Crippen molar-refractivity contribution in [3.8, 4) is 0 Å². The Balaban J connectivity index is 1.31. The molecule has 0 unspecified atom stereocenters. The van der Waals surface area contributed by atoms with Gasteiger partial charge in [-0.3, -0.25) is 4.79 Å². The second kappa shape index (κ2) is 8.40. The Morgan fingerprint density at radius 3 is 2.61 bits per heavy atom. The molecule has 1 aromatic heterocycles. The lowest BCUT2D eigenvalue weighted by molar-refractivity contribution is -0.122. The number of benzene rings is 3. The normalized spacial score (nSPS) is 17.8. The summed E-state index contributed by atoms with van der Waals surface area (Å²) < 4.78 is 2.16. The molecule has 154 valence electrons. The minimum absolute atomic E-state index is 0.00103. The van der Waals surface area contributed by atoms with E-state index in [2.05, 4.69) is 39.4 Å². The predicted molar refractivity (Wildman–Crippen MR) is 126 cm³/mol. The summed E-state index contributed by atoms with van der Waals surface area (Å²) in [7, 11) is 0. The molecule has 0 aliphatic heterocycles. The molecule has 31 heavy (non-hydrogen) atoms. The van der Waals surface area contributed by atoms with Crippen molar-refractivity contribution in [2.24, 2.45) is 11.0 Å². The van der Waals surface area contributed by atoms with Crippen molar-refractivity contribution in [2.45, 2.75) is 18.9 Å². The molecule has 0 radical (unpaired) electrons. The third-order valence-corrected chi connectivity index (χ3v) is 6.22. The van der Waals surface area contributed by atoms with Crippen LogP contribution >= 0.6 is 11.6 Å². The van der Waals surface area contributed by atoms with Gasteiger partial charge in [0, 0.05) is 40.1 Å². The van der Waals surface area contributed by atoms with Crippen molar-refractivity contribution in [2.75, 3.05) is 0 Å². The number of carbonyl (C=O) groups excluding carboxylic acids is 1. The molecule has 1 aliphatic rings. The van der Waals surface area contributed by atoms with E-state index in [4.69, 9.17) is 11.6 Å². The molecule has 1 aliphatic carbocycles. The molecule has 2 atom stereocenters. The van der Waals surface area contributed by atoms with Gasteiger partial charge in [0.05, 0.1) is 6.21 Å². The standard InChI is InChI=1S/C26H22ClN3O/c27-24-12-6-4-10-19(24)16-30-17-20(21-11-5-7-13-25(21)30)15-28-29-26(31)23-14-22(23)18-8-2-1-3-9-18/h1-13,15,17,22-23H,14,16H2,(H,29,31)/b28-15+/t22-,23+/m1/s1. The first-order chi connectivity index (χ1) is 15.2. The van der Waals surface area contributed by atoms with Gasteiger partial charge in [-0.25, -0.2) is 5.43 Å². The number of carbonyl (C=O) groups is 1. The van der Waals surface area contributed by atoms with E-state index < -0.39 is 0 Å². The predicted octanol–water partition coefficient (Wildman–Crippen LogP) is 5.60. The lowest BCUT2D eigenvalue weighted by Crippen LogP contribution is -2.20. The fourth-order valence-corrected chi connectivity index (χ4v) is 4.32. The minimum atomic E-state index is -0.0232. The van der Waals surface area contributed by atoms with E-state index in [-0.39, 0.29) is 11.8 Å². The highest BCUT2D eigenvalue weighted by Gasteiger charge is 2.43. The number of amides is 1. The van der Waals surface area contributed by atoms with E-state index in [1.165, 1.54) is 5.56 Å². The monoisotopic (exact) mass is 427 g/mol. The number of para-hydroxylation sites is 1. The number of aromatic nitrogens is 1. The fourth-order valence-electron chi connectivity index (χ4n) is 4.12. The third-order valence-electron chi connectivity index (χ3n) is 5.85. The molecule has 3 aromatic carbocycles. The number of nitrogens with zero attached hydrogens (tertiary/aromatic N) is 2. The van der Waals surface area contributed by atoms with Crippen LogP contribution in [0.5, 0.6) is 0 Å². The molecule has 0 saturated heterocycles. The summed E-state index contributed by atoms with van der Waals surface area (Å²) in [6, 6.07) is 26.2. The topological polar surface area (TPSA) is 46.4 Å². The fraction of sp³-hybridized carbons (Fsp3) is 0.154. The molecule has 1 amide bonds. The van der Waals surface area contributed by atoms with Gasteiger partial charge < -0.3 is 4.57 Å². The van der Waals surface area contributed by atoms with Gasteiger partial charge in [-0.15, -0.1) is 0 Å². The van der Waals surface area contributed by atoms with E-state index in [1.54, 1.807) is 6.21 Å². The quantitative estimate of drug-likeness (QED) is 0.316. The summed E-state index contributed by atoms with van der Waals surface area (Å²) in [6.45, 7) is 0.668. The highest BCUT2D eigenvalue weighted by molar-refractivity contribution is 6.31. The SMILES string of the molecule is O=C(N/N=C/c1cn(Cc2ccccc2Cl)c2ccccc12)[C@H]1C[C@@H]1c1ccccc1. The number of nitrogens with one attached hydrogen (secondary N) is 1. The van der Waals surface area contributed by atoms with Crippen LogP contribution in [0, 0.1) is 5.92 Å². The van der Waals surface area contributed by atoms with Crippen LogP contribution < -0.4 is 5.43 Å². The average Bonchev–Trinajstić information content (AvgIpc) is 3.54. The molecular weight excluding hydrogens is 406 g/mol. The van der Waals surface area contributed by atoms with Crippen LogP contribution in [0.2, 0.25) is 5.02 Å². The van der Waals surface area contributed by atoms with Crippen LogP contribution in [0.3, 0.4) is 0 Å². The zero-order valence-corrected chi connectivity index (χ0v) is 17.7. The zero-order chi connectivity index (χ0) is 21.2. The maximum atomic E-state index is 12.5. The number of rotatable bonds is 6. The van der Waals surface area contributed by atoms with E-state index in [9.17, 15) is 4.79 Å². The van der Waals surface area contributed by atoms with Gasteiger partial charge in [0.1, 0.15) is 0 Å². The van der Waals surface area contributed by atoms with Crippen LogP contribution in [-0.2, 0) is 11.3 Å². The van der Waals surface area contributed by atoms with Gasteiger partial charge in [-0.1, -0.05) is 78.3 Å². The van der Waals surface area contributed by atoms with E-state index in [0.29, 0.717) is 12.5 Å². The van der Waals surface area contributed by atoms with Crippen molar-refractivity contribution in [3.05, 3.63) is 107 Å². The molecule has 1 N–H and O–H groups in total. The van der Waals surface area contributed by atoms with Gasteiger partial charge in [0.2, 0.25) is 5.91 Å². The number of fused-ring (bicyclic) bond motifs is 1. The maximum Gasteiger partial charge on any atom is 0.243 e. The second-order valence-electron chi connectivity index (χ2n) is 7.91. The molecule has 5 heteroatoms. The number of hydrogen-bond donors (Lipinski definition) is 1. The molecule has 0 spiro atoms. The molecule has 5 rings (SSSR count). The van der Waals surface area contributed by atoms with Gasteiger partial charge in [0.25, 0.3) is 0 Å². The Kier molecular flexibility index (Phi) is 5.31. The summed E-state index contributed by atoms with van der Waals surface area (Å²) in [4.78, 5) is 12.5. The van der Waals surface area contributed by atoms with Crippen LogP contribution in [0.4, 0.5) is 0 Å². The summed E-state index contributed by atoms with van der Waals surface area (Å²) >= 11 is 6.35. The smallest absolute Gasteiger partial charge is 0.243 e. The van der Waals surface area contributed by atoms with Crippen LogP contribution in [-0.4, -0.2) is 16.7 Å². The summed E-state index contributed by atoms with van der Waals surface area (Å²) in [5.41, 5.74) is 7.06. The Labute approximate surface area is 186 Å². The lowest BCUT2D eigenvalue weighted by Gasteiger charge is -2.07. The maximum absolute atomic E-state index is 12.5. The van der Waals surface area contributed by atoms with Gasteiger partial charge in [0.15, 0.2) is 0 Å². The van der Waals surface area contributed by atoms with E-state index in [1.807, 2.05) is 60.8 Å². The number of halogens is 1. The van der Waals surface area contributed by atoms with Crippen molar-refractivity contribution in [3.63, 3.8) is 0 Å². The van der Waals surface area contributed by atoms with Gasteiger partial charge in [-0.2, -0.15) is 5.10 Å². The van der Waals surface area contributed by atoms with Crippen molar-refractivity contribution < 1.29 is 4.79 Å². The Morgan fingerprint density at radius 2 is 1.77 bits per heavy atom. The first kappa shape index (κ1) is 19.6. The van der Waals surface area contributed by atoms with Crippen LogP contribution in [0.15, 0.2) is 90.2 Å². The third kappa shape index (κ3) is 4.12. The first-order valence-electron chi connectivity index (χ1n) is 10.4. The first-order valence-corrected chi connectivity index (χ1v) is 10.8. The molecule has 1 fully saturated rings. The van der Waals surface area contributed by atoms with Crippen molar-refractivity contribution >= 4 is 34.6 Å². The summed E-state index contributed by atoms with van der Waals surface area (Å²) in [5.74, 6) is 0.278. The largest absolute Gasteiger partial charge is 0.342 e. The molecule has 0 bridgehead atoms. The minimum Gasteiger partial charge on any atom is -0.342 e. The summed E-state index contributed by atoms with van der Waals surface area (Å²) in [5, 5.41) is 6.09. The second-order valence-corrected chi connectivity index (χ2v) is 8.32. The molecule has 4 aromatic rings. The van der Waals surface area contributed by atoms with Crippen LogP contribution in [0.1, 0.15) is 29.0 Å². The van der Waals surface area contributed by atoms with Gasteiger partial charge >= 0.3 is 0 Å². The lowest BCUT2D eigenvalue weighted by atomic mass is 10.1. The summed E-state index contributed by atoms with van der Waals surface area (Å²) in [6.07, 6.45) is 4.65.